The third kappa shape index (κ3) is 4.94. The van der Waals surface area contributed by atoms with E-state index in [4.69, 9.17) is 19.4 Å². The van der Waals surface area contributed by atoms with Crippen molar-refractivity contribution in [1.29, 1.82) is 0 Å². The zero-order chi connectivity index (χ0) is 38.6. The standard InChI is InChI=1S/C53H30N4OS/c1-2-14-33-27-44-42(26-32(33)13-1)37-17-5-8-21-43(37)57(44)45-28-35(29-47-50(45)41-19-6-9-22-46(41)58-47)52-54-51(34-24-25-39-38-18-7-10-23-48(38)59-49(39)30-34)55-53(56-52)40-20-11-15-31-12-3-4-16-36(31)40/h1-30H. The molecule has 0 atom stereocenters. The molecule has 9 aromatic carbocycles. The molecule has 0 spiro atoms. The van der Waals surface area contributed by atoms with Gasteiger partial charge in [-0.15, -0.1) is 11.3 Å². The maximum absolute atomic E-state index is 6.73. The van der Waals surface area contributed by atoms with Crippen LogP contribution in [0.5, 0.6) is 0 Å². The average molecular weight is 771 g/mol. The predicted molar refractivity (Wildman–Crippen MR) is 246 cm³/mol. The number of nitrogens with zero attached hydrogens (tertiary/aromatic N) is 4. The molecule has 0 aliphatic rings. The molecule has 0 saturated carbocycles. The molecule has 274 valence electrons. The maximum Gasteiger partial charge on any atom is 0.164 e. The van der Waals surface area contributed by atoms with Crippen LogP contribution < -0.4 is 0 Å². The number of fused-ring (bicyclic) bond motifs is 11. The molecule has 0 bridgehead atoms. The van der Waals surface area contributed by atoms with Gasteiger partial charge in [-0.05, 0) is 70.1 Å². The predicted octanol–water partition coefficient (Wildman–Crippen LogP) is 14.5. The Balaban J connectivity index is 1.12. The summed E-state index contributed by atoms with van der Waals surface area (Å²) in [6.07, 6.45) is 0. The fraction of sp³-hybridized carbons (Fsp3) is 0. The molecule has 4 heterocycles. The number of thiophene rings is 1. The second kappa shape index (κ2) is 12.4. The van der Waals surface area contributed by atoms with Gasteiger partial charge in [-0.1, -0.05) is 133 Å². The van der Waals surface area contributed by atoms with E-state index in [0.29, 0.717) is 17.5 Å². The molecule has 5 nitrogen and oxygen atoms in total. The summed E-state index contributed by atoms with van der Waals surface area (Å²) in [5, 5.41) is 11.6. The second-order valence-electron chi connectivity index (χ2n) is 15.2. The molecular weight excluding hydrogens is 741 g/mol. The second-order valence-corrected chi connectivity index (χ2v) is 16.3. The number of furan rings is 1. The van der Waals surface area contributed by atoms with Gasteiger partial charge in [-0.25, -0.2) is 15.0 Å². The average Bonchev–Trinajstić information content (AvgIpc) is 3.96. The molecule has 13 rings (SSSR count). The van der Waals surface area contributed by atoms with E-state index in [2.05, 4.69) is 174 Å². The highest BCUT2D eigenvalue weighted by Crippen LogP contribution is 2.43. The Bertz CT molecular complexity index is 3870. The smallest absolute Gasteiger partial charge is 0.164 e. The molecule has 0 unspecified atom stereocenters. The highest BCUT2D eigenvalue weighted by molar-refractivity contribution is 7.25. The summed E-state index contributed by atoms with van der Waals surface area (Å²) in [7, 11) is 0. The largest absolute Gasteiger partial charge is 0.456 e. The van der Waals surface area contributed by atoms with E-state index in [9.17, 15) is 0 Å². The zero-order valence-corrected chi connectivity index (χ0v) is 32.2. The van der Waals surface area contributed by atoms with E-state index in [0.717, 1.165) is 66.1 Å². The molecule has 13 aromatic rings. The van der Waals surface area contributed by atoms with Gasteiger partial charge >= 0.3 is 0 Å². The molecule has 6 heteroatoms. The topological polar surface area (TPSA) is 56.7 Å². The van der Waals surface area contributed by atoms with Gasteiger partial charge in [0.15, 0.2) is 17.5 Å². The number of hydrogen-bond donors (Lipinski definition) is 0. The van der Waals surface area contributed by atoms with Gasteiger partial charge < -0.3 is 8.98 Å². The van der Waals surface area contributed by atoms with E-state index < -0.39 is 0 Å². The van der Waals surface area contributed by atoms with Crippen LogP contribution in [-0.2, 0) is 0 Å². The monoisotopic (exact) mass is 770 g/mol. The van der Waals surface area contributed by atoms with Crippen LogP contribution in [0.1, 0.15) is 0 Å². The van der Waals surface area contributed by atoms with E-state index in [-0.39, 0.29) is 0 Å². The summed E-state index contributed by atoms with van der Waals surface area (Å²) in [6.45, 7) is 0. The minimum Gasteiger partial charge on any atom is -0.456 e. The van der Waals surface area contributed by atoms with Crippen LogP contribution in [0, 0.1) is 0 Å². The first-order valence-electron chi connectivity index (χ1n) is 19.8. The van der Waals surface area contributed by atoms with Crippen LogP contribution in [0.15, 0.2) is 186 Å². The van der Waals surface area contributed by atoms with Gasteiger partial charge in [0, 0.05) is 53.0 Å². The Morgan fingerprint density at radius 2 is 1.05 bits per heavy atom. The van der Waals surface area contributed by atoms with Gasteiger partial charge in [0.1, 0.15) is 11.2 Å². The zero-order valence-electron chi connectivity index (χ0n) is 31.4. The summed E-state index contributed by atoms with van der Waals surface area (Å²) in [5.41, 5.74) is 7.57. The first kappa shape index (κ1) is 32.4. The number of benzene rings is 9. The van der Waals surface area contributed by atoms with Crippen LogP contribution >= 0.6 is 11.3 Å². The molecule has 0 saturated heterocycles. The summed E-state index contributed by atoms with van der Waals surface area (Å²) in [6, 6.07) is 64.4. The van der Waals surface area contributed by atoms with Crippen LogP contribution in [0.4, 0.5) is 0 Å². The number of hydrogen-bond acceptors (Lipinski definition) is 5. The summed E-state index contributed by atoms with van der Waals surface area (Å²) in [5.74, 6) is 1.81. The Morgan fingerprint density at radius 1 is 0.390 bits per heavy atom. The van der Waals surface area contributed by atoms with Crippen molar-refractivity contribution in [3.8, 4) is 39.9 Å². The molecule has 0 aliphatic heterocycles. The molecule has 0 N–H and O–H groups in total. The van der Waals surface area contributed by atoms with Crippen molar-refractivity contribution in [2.45, 2.75) is 0 Å². The highest BCUT2D eigenvalue weighted by Gasteiger charge is 2.22. The molecule has 59 heavy (non-hydrogen) atoms. The van der Waals surface area contributed by atoms with Crippen molar-refractivity contribution >= 4 is 96.8 Å². The van der Waals surface area contributed by atoms with Crippen LogP contribution in [-0.4, -0.2) is 19.5 Å². The minimum absolute atomic E-state index is 0.573. The van der Waals surface area contributed by atoms with Crippen LogP contribution in [0.2, 0.25) is 0 Å². The number of aromatic nitrogens is 4. The van der Waals surface area contributed by atoms with Gasteiger partial charge in [0.2, 0.25) is 0 Å². The lowest BCUT2D eigenvalue weighted by Gasteiger charge is -2.14. The quantitative estimate of drug-likeness (QED) is 0.179. The molecule has 0 fully saturated rings. The normalized spacial score (nSPS) is 12.1. The lowest BCUT2D eigenvalue weighted by atomic mass is 10.0. The number of para-hydroxylation sites is 2. The fourth-order valence-corrected chi connectivity index (χ4v) is 10.2. The minimum atomic E-state index is 0.573. The summed E-state index contributed by atoms with van der Waals surface area (Å²) < 4.78 is 11.6. The molecular formula is C53H30N4OS. The Morgan fingerprint density at radius 3 is 1.93 bits per heavy atom. The molecule has 0 radical (unpaired) electrons. The van der Waals surface area contributed by atoms with Gasteiger partial charge in [-0.3, -0.25) is 0 Å². The van der Waals surface area contributed by atoms with Crippen molar-refractivity contribution in [3.05, 3.63) is 182 Å². The summed E-state index contributed by atoms with van der Waals surface area (Å²) in [4.78, 5) is 15.9. The van der Waals surface area contributed by atoms with Crippen molar-refractivity contribution in [1.82, 2.24) is 19.5 Å². The van der Waals surface area contributed by atoms with Gasteiger partial charge in [0.05, 0.1) is 22.1 Å². The third-order valence-corrected chi connectivity index (χ3v) is 12.9. The van der Waals surface area contributed by atoms with Gasteiger partial charge in [-0.2, -0.15) is 0 Å². The lowest BCUT2D eigenvalue weighted by Crippen LogP contribution is -2.02. The molecule has 0 aliphatic carbocycles. The first-order chi connectivity index (χ1) is 29.2. The Kier molecular flexibility index (Phi) is 6.82. The van der Waals surface area contributed by atoms with Crippen LogP contribution in [0.25, 0.3) is 125 Å². The Hall–Kier alpha value is -7.67. The third-order valence-electron chi connectivity index (χ3n) is 11.8. The molecule has 0 amide bonds. The SMILES string of the molecule is c1ccc2cc3c(cc2c1)c1ccccc1n3-c1cc(-c2nc(-c3ccc4c(c3)sc3ccccc34)nc(-c3cccc4ccccc34)n2)cc2oc3ccccc3c12. The van der Waals surface area contributed by atoms with Crippen LogP contribution in [0.3, 0.4) is 0 Å². The van der Waals surface area contributed by atoms with Crippen molar-refractivity contribution in [2.24, 2.45) is 0 Å². The number of rotatable bonds is 4. The highest BCUT2D eigenvalue weighted by atomic mass is 32.1. The van der Waals surface area contributed by atoms with E-state index in [1.807, 2.05) is 12.1 Å². The van der Waals surface area contributed by atoms with E-state index in [1.54, 1.807) is 11.3 Å². The maximum atomic E-state index is 6.73. The molecule has 4 aromatic heterocycles. The van der Waals surface area contributed by atoms with Gasteiger partial charge in [0.25, 0.3) is 0 Å². The van der Waals surface area contributed by atoms with Crippen molar-refractivity contribution in [2.75, 3.05) is 0 Å². The Labute approximate surface area is 341 Å². The van der Waals surface area contributed by atoms with E-state index in [1.165, 1.54) is 41.7 Å². The first-order valence-corrected chi connectivity index (χ1v) is 20.6. The lowest BCUT2D eigenvalue weighted by molar-refractivity contribution is 0.669. The summed E-state index contributed by atoms with van der Waals surface area (Å²) >= 11 is 1.79. The van der Waals surface area contributed by atoms with Crippen molar-refractivity contribution < 1.29 is 4.42 Å². The van der Waals surface area contributed by atoms with E-state index >= 15 is 0 Å². The fourth-order valence-electron chi connectivity index (χ4n) is 9.09. The van der Waals surface area contributed by atoms with Crippen molar-refractivity contribution in [3.63, 3.8) is 0 Å².